The molecule has 0 saturated heterocycles. The molecule has 0 saturated carbocycles. The molecule has 0 amide bonds. The average Bonchev–Trinajstić information content (AvgIpc) is 3.26. The van der Waals surface area contributed by atoms with Crippen LogP contribution in [0.25, 0.3) is 0 Å². The van der Waals surface area contributed by atoms with Crippen LogP contribution in [-0.2, 0) is 51.3 Å². The van der Waals surface area contributed by atoms with Gasteiger partial charge in [-0.05, 0) is 88.2 Å². The number of esters is 2. The molecule has 0 fully saturated rings. The van der Waals surface area contributed by atoms with E-state index in [4.69, 9.17) is 18.9 Å². The summed E-state index contributed by atoms with van der Waals surface area (Å²) < 4.78 is 23.3. The first-order valence-electron chi connectivity index (χ1n) is 25.1. The molecule has 0 aliphatic rings. The molecule has 0 heterocycles. The minimum atomic E-state index is -1.06. The Morgan fingerprint density at radius 1 is 0.415 bits per heavy atom. The maximum atomic E-state index is 11.5. The molecule has 4 atom stereocenters. The van der Waals surface area contributed by atoms with E-state index in [1.54, 1.807) is 0 Å². The van der Waals surface area contributed by atoms with Crippen molar-refractivity contribution in [3.63, 3.8) is 0 Å². The summed E-state index contributed by atoms with van der Waals surface area (Å²) in [7, 11) is 0. The van der Waals surface area contributed by atoms with Crippen molar-refractivity contribution < 1.29 is 48.3 Å². The van der Waals surface area contributed by atoms with Crippen LogP contribution in [0.3, 0.4) is 0 Å². The van der Waals surface area contributed by atoms with E-state index in [0.717, 1.165) is 49.7 Å². The van der Waals surface area contributed by atoms with Gasteiger partial charge in [-0.15, -0.1) is 0 Å². The molecular weight excluding hydrogens is 946 g/mol. The fourth-order valence-electron chi connectivity index (χ4n) is 7.90. The van der Waals surface area contributed by atoms with Gasteiger partial charge in [0.2, 0.25) is 0 Å². The molecule has 0 aliphatic carbocycles. The van der Waals surface area contributed by atoms with Gasteiger partial charge >= 0.3 is 60.8 Å². The molecule has 2 aromatic rings. The molecule has 0 aliphatic heterocycles. The standard InChI is InChI=1S/2C27H44O5.Ba/c2*1-3-4-5-6-7-8-9-13-17-25(31-22-24-15-11-10-12-16-24)20-21-26(32-23(2)28)18-14-19-27(29)30;/h2*10-12,15-16,25-26H,3-9,13-14,17-22H2,1-2H3,(H,29,30);/q;;+2/p-2. The number of rotatable bonds is 40. The Labute approximate surface area is 434 Å². The van der Waals surface area contributed by atoms with Gasteiger partial charge in [0.15, 0.2) is 0 Å². The second kappa shape index (κ2) is 44.3. The van der Waals surface area contributed by atoms with Gasteiger partial charge in [-0.1, -0.05) is 177 Å². The van der Waals surface area contributed by atoms with Crippen LogP contribution in [0.2, 0.25) is 0 Å². The van der Waals surface area contributed by atoms with E-state index in [1.807, 2.05) is 36.4 Å². The van der Waals surface area contributed by atoms with Crippen molar-refractivity contribution in [1.29, 1.82) is 0 Å². The number of hydrogen-bond acceptors (Lipinski definition) is 10. The number of aliphatic carboxylic acids is 2. The van der Waals surface area contributed by atoms with Crippen LogP contribution in [0.5, 0.6) is 0 Å². The van der Waals surface area contributed by atoms with Crippen molar-refractivity contribution in [2.24, 2.45) is 0 Å². The third kappa shape index (κ3) is 40.6. The molecule has 65 heavy (non-hydrogen) atoms. The first kappa shape index (κ1) is 62.8. The van der Waals surface area contributed by atoms with Crippen molar-refractivity contribution in [2.45, 2.75) is 245 Å². The monoisotopic (exact) mass is 1030 g/mol. The fourth-order valence-corrected chi connectivity index (χ4v) is 7.90. The SMILES string of the molecule is CCCCCCCCCCC(CCC(CCCC(=O)[O-])OC(C)=O)OCc1ccccc1.CCCCCCCCCCC(CCC(CCCC(=O)[O-])OC(C)=O)OCc1ccccc1.[Ba+2]. The Balaban J connectivity index is 0.00000124. The maximum Gasteiger partial charge on any atom is 2.00 e. The summed E-state index contributed by atoms with van der Waals surface area (Å²) in [6.45, 7) is 8.43. The van der Waals surface area contributed by atoms with Gasteiger partial charge in [0, 0.05) is 25.8 Å². The normalized spacial score (nSPS) is 12.7. The summed E-state index contributed by atoms with van der Waals surface area (Å²) >= 11 is 0. The molecule has 364 valence electrons. The Morgan fingerprint density at radius 2 is 0.708 bits per heavy atom. The first-order valence-corrected chi connectivity index (χ1v) is 25.1. The third-order valence-electron chi connectivity index (χ3n) is 11.5. The van der Waals surface area contributed by atoms with E-state index in [2.05, 4.69) is 38.1 Å². The van der Waals surface area contributed by atoms with Crippen LogP contribution >= 0.6 is 0 Å². The van der Waals surface area contributed by atoms with Gasteiger partial charge < -0.3 is 38.7 Å². The molecule has 0 spiro atoms. The van der Waals surface area contributed by atoms with Crippen molar-refractivity contribution in [3.05, 3.63) is 71.8 Å². The largest absolute Gasteiger partial charge is 2.00 e. The molecular formula is C54H86BaO10. The quantitative estimate of drug-likeness (QED) is 0.0358. The van der Waals surface area contributed by atoms with Gasteiger partial charge in [0.25, 0.3) is 0 Å². The minimum absolute atomic E-state index is 0. The molecule has 0 radical (unpaired) electrons. The number of carbonyl (C=O) groups excluding carboxylic acids is 4. The Hall–Kier alpha value is -2.19. The third-order valence-corrected chi connectivity index (χ3v) is 11.5. The summed E-state index contributed by atoms with van der Waals surface area (Å²) in [5, 5.41) is 21.4. The minimum Gasteiger partial charge on any atom is -0.550 e. The van der Waals surface area contributed by atoms with Crippen LogP contribution < -0.4 is 10.2 Å². The predicted molar refractivity (Wildman–Crippen MR) is 258 cm³/mol. The molecule has 0 N–H and O–H groups in total. The van der Waals surface area contributed by atoms with Crippen LogP contribution in [0.1, 0.15) is 219 Å². The van der Waals surface area contributed by atoms with Crippen molar-refractivity contribution in [3.8, 4) is 0 Å². The number of unbranched alkanes of at least 4 members (excludes halogenated alkanes) is 14. The topological polar surface area (TPSA) is 151 Å². The van der Waals surface area contributed by atoms with E-state index in [9.17, 15) is 29.4 Å². The number of carboxylic acid groups (broad SMARTS) is 2. The number of ether oxygens (including phenoxy) is 4. The van der Waals surface area contributed by atoms with E-state index in [1.165, 1.54) is 104 Å². The van der Waals surface area contributed by atoms with Crippen LogP contribution in [0.4, 0.5) is 0 Å². The zero-order valence-corrected chi connectivity index (χ0v) is 45.5. The summed E-state index contributed by atoms with van der Waals surface area (Å²) in [6, 6.07) is 20.3. The van der Waals surface area contributed by atoms with E-state index in [-0.39, 0.29) is 98.1 Å². The Kier molecular flexibility index (Phi) is 42.8. The fraction of sp³-hybridized carbons (Fsp3) is 0.704. The van der Waals surface area contributed by atoms with Crippen molar-refractivity contribution >= 4 is 72.8 Å². The number of carbonyl (C=O) groups is 4. The second-order valence-corrected chi connectivity index (χ2v) is 17.5. The van der Waals surface area contributed by atoms with E-state index < -0.39 is 11.9 Å². The summed E-state index contributed by atoms with van der Waals surface area (Å²) in [5.41, 5.74) is 2.30. The van der Waals surface area contributed by atoms with Crippen molar-refractivity contribution in [1.82, 2.24) is 0 Å². The van der Waals surface area contributed by atoms with E-state index in [0.29, 0.717) is 51.7 Å². The zero-order valence-electron chi connectivity index (χ0n) is 41.1. The van der Waals surface area contributed by atoms with Crippen LogP contribution in [0, 0.1) is 0 Å². The molecule has 2 aromatic carbocycles. The van der Waals surface area contributed by atoms with Crippen LogP contribution in [-0.4, -0.2) is 97.2 Å². The van der Waals surface area contributed by atoms with Gasteiger partial charge in [-0.2, -0.15) is 0 Å². The smallest absolute Gasteiger partial charge is 0.550 e. The van der Waals surface area contributed by atoms with Gasteiger partial charge in [-0.3, -0.25) is 9.59 Å². The summed E-state index contributed by atoms with van der Waals surface area (Å²) in [5.74, 6) is -2.78. The first-order chi connectivity index (χ1) is 31.0. The van der Waals surface area contributed by atoms with E-state index >= 15 is 0 Å². The Morgan fingerprint density at radius 3 is 1.02 bits per heavy atom. The predicted octanol–water partition coefficient (Wildman–Crippen LogP) is 11.1. The molecule has 11 heteroatoms. The molecule has 10 nitrogen and oxygen atoms in total. The second-order valence-electron chi connectivity index (χ2n) is 17.5. The number of carboxylic acids is 2. The van der Waals surface area contributed by atoms with Gasteiger partial charge in [-0.25, -0.2) is 0 Å². The Bertz CT molecular complexity index is 1320. The summed E-state index contributed by atoms with van der Waals surface area (Å²) in [6.07, 6.45) is 27.0. The van der Waals surface area contributed by atoms with Gasteiger partial charge in [0.1, 0.15) is 12.2 Å². The van der Waals surface area contributed by atoms with Crippen molar-refractivity contribution in [2.75, 3.05) is 0 Å². The summed E-state index contributed by atoms with van der Waals surface area (Å²) in [4.78, 5) is 44.3. The molecule has 4 unspecified atom stereocenters. The molecule has 0 aromatic heterocycles. The average molecular weight is 1030 g/mol. The van der Waals surface area contributed by atoms with Gasteiger partial charge in [0.05, 0.1) is 25.4 Å². The molecule has 0 bridgehead atoms. The zero-order chi connectivity index (χ0) is 46.9. The number of hydrogen-bond donors (Lipinski definition) is 0. The number of benzene rings is 2. The molecule has 2 rings (SSSR count). The maximum absolute atomic E-state index is 11.5. The van der Waals surface area contributed by atoms with Crippen LogP contribution in [0.15, 0.2) is 60.7 Å².